The van der Waals surface area contributed by atoms with Crippen LogP contribution in [0.5, 0.6) is 5.75 Å². The summed E-state index contributed by atoms with van der Waals surface area (Å²) in [6.45, 7) is 5.03. The highest BCUT2D eigenvalue weighted by molar-refractivity contribution is 5.90. The number of hydrogen-bond acceptors (Lipinski definition) is 6. The molecule has 184 valence electrons. The zero-order valence-corrected chi connectivity index (χ0v) is 20.3. The second-order valence-electron chi connectivity index (χ2n) is 8.96. The number of benzene rings is 2. The number of carbonyl (C=O) groups excluding carboxylic acids is 1. The summed E-state index contributed by atoms with van der Waals surface area (Å²) in [6, 6.07) is 19.8. The number of ether oxygens (including phenoxy) is 2. The van der Waals surface area contributed by atoms with Crippen LogP contribution in [0.15, 0.2) is 89.7 Å². The van der Waals surface area contributed by atoms with Crippen LogP contribution in [0.1, 0.15) is 43.9 Å². The summed E-state index contributed by atoms with van der Waals surface area (Å²) >= 11 is 0. The summed E-state index contributed by atoms with van der Waals surface area (Å²) < 4.78 is 16.4. The molecular formula is C27H30N2O6. The van der Waals surface area contributed by atoms with E-state index in [-0.39, 0.29) is 11.5 Å². The lowest BCUT2D eigenvalue weighted by Crippen LogP contribution is -2.33. The van der Waals surface area contributed by atoms with Gasteiger partial charge in [-0.1, -0.05) is 36.4 Å². The van der Waals surface area contributed by atoms with Crippen LogP contribution in [0.25, 0.3) is 0 Å². The highest BCUT2D eigenvalue weighted by Crippen LogP contribution is 2.35. The van der Waals surface area contributed by atoms with Crippen molar-refractivity contribution in [2.75, 3.05) is 18.6 Å². The summed E-state index contributed by atoms with van der Waals surface area (Å²) in [5.74, 6) is 0.104. The number of methoxy groups -OCH3 is 1. The Morgan fingerprint density at radius 1 is 1.09 bits per heavy atom. The van der Waals surface area contributed by atoms with Crippen LogP contribution in [0.2, 0.25) is 0 Å². The van der Waals surface area contributed by atoms with E-state index in [9.17, 15) is 14.9 Å². The van der Waals surface area contributed by atoms with E-state index in [0.29, 0.717) is 17.2 Å². The van der Waals surface area contributed by atoms with E-state index >= 15 is 0 Å². The van der Waals surface area contributed by atoms with Crippen LogP contribution >= 0.6 is 0 Å². The number of furan rings is 1. The lowest BCUT2D eigenvalue weighted by Gasteiger charge is -2.26. The van der Waals surface area contributed by atoms with Gasteiger partial charge in [0.15, 0.2) is 0 Å². The molecule has 0 saturated heterocycles. The van der Waals surface area contributed by atoms with Gasteiger partial charge in [0.25, 0.3) is 0 Å². The Bertz CT molecular complexity index is 1120. The minimum absolute atomic E-state index is 0.341. The number of anilines is 1. The summed E-state index contributed by atoms with van der Waals surface area (Å²) in [4.78, 5) is 25.7. The van der Waals surface area contributed by atoms with Crippen molar-refractivity contribution >= 4 is 11.8 Å². The third-order valence-corrected chi connectivity index (χ3v) is 5.26. The molecule has 0 aliphatic rings. The van der Waals surface area contributed by atoms with Crippen molar-refractivity contribution in [2.24, 2.45) is 0 Å². The quantitative estimate of drug-likeness (QED) is 0.261. The average Bonchev–Trinajstić information content (AvgIpc) is 3.35. The minimum atomic E-state index is -0.712. The SMILES string of the molecule is COc1ccc(N(/C=C/[C@@H](c2ccccc2)[C@@H](C[N+](=O)[O-])c2ccco2)C(=O)OC(C)(C)C)cc1. The van der Waals surface area contributed by atoms with Crippen LogP contribution in [-0.4, -0.2) is 30.3 Å². The molecule has 3 aromatic rings. The van der Waals surface area contributed by atoms with Gasteiger partial charge < -0.3 is 13.9 Å². The van der Waals surface area contributed by atoms with Gasteiger partial charge in [0.2, 0.25) is 6.54 Å². The Hall–Kier alpha value is -4.07. The first-order valence-electron chi connectivity index (χ1n) is 11.2. The lowest BCUT2D eigenvalue weighted by molar-refractivity contribution is -0.484. The molecule has 8 nitrogen and oxygen atoms in total. The fourth-order valence-electron chi connectivity index (χ4n) is 3.68. The first-order chi connectivity index (χ1) is 16.7. The molecule has 3 rings (SSSR count). The van der Waals surface area contributed by atoms with Gasteiger partial charge >= 0.3 is 6.09 Å². The summed E-state index contributed by atoms with van der Waals surface area (Å²) in [5.41, 5.74) is 0.703. The number of hydrogen-bond donors (Lipinski definition) is 0. The van der Waals surface area contributed by atoms with Gasteiger partial charge in [0.1, 0.15) is 17.1 Å². The molecule has 0 unspecified atom stereocenters. The number of carbonyl (C=O) groups is 1. The second-order valence-corrected chi connectivity index (χ2v) is 8.96. The Labute approximate surface area is 204 Å². The van der Waals surface area contributed by atoms with Gasteiger partial charge in [0, 0.05) is 17.0 Å². The highest BCUT2D eigenvalue weighted by atomic mass is 16.6. The van der Waals surface area contributed by atoms with Gasteiger partial charge in [-0.15, -0.1) is 0 Å². The van der Waals surface area contributed by atoms with E-state index in [2.05, 4.69) is 0 Å². The molecule has 0 aliphatic heterocycles. The third kappa shape index (κ3) is 7.20. The maximum Gasteiger partial charge on any atom is 0.418 e. The zero-order chi connectivity index (χ0) is 25.4. The van der Waals surface area contributed by atoms with Gasteiger partial charge in [-0.25, -0.2) is 4.79 Å². The third-order valence-electron chi connectivity index (χ3n) is 5.26. The molecule has 2 atom stereocenters. The van der Waals surface area contributed by atoms with E-state index in [1.807, 2.05) is 30.3 Å². The predicted octanol–water partition coefficient (Wildman–Crippen LogP) is 6.39. The van der Waals surface area contributed by atoms with Crippen LogP contribution in [-0.2, 0) is 4.74 Å². The van der Waals surface area contributed by atoms with Crippen molar-refractivity contribution in [3.05, 3.63) is 107 Å². The van der Waals surface area contributed by atoms with Gasteiger partial charge in [0.05, 0.1) is 25.0 Å². The summed E-state index contributed by atoms with van der Waals surface area (Å²) in [5, 5.41) is 11.6. The summed E-state index contributed by atoms with van der Waals surface area (Å²) in [7, 11) is 1.56. The standard InChI is InChI=1S/C27H30N2O6/c1-27(2,3)35-26(30)28(21-12-14-22(33-4)15-13-21)17-16-23(20-9-6-5-7-10-20)24(19-29(31)32)25-11-8-18-34-25/h5-18,23-24H,19H2,1-4H3/b17-16+/t23-,24+/m0/s1. The molecule has 0 radical (unpaired) electrons. The Balaban J connectivity index is 2.05. The first-order valence-corrected chi connectivity index (χ1v) is 11.2. The lowest BCUT2D eigenvalue weighted by atomic mass is 9.84. The van der Waals surface area contributed by atoms with E-state index in [0.717, 1.165) is 5.56 Å². The molecule has 0 aliphatic carbocycles. The summed E-state index contributed by atoms with van der Waals surface area (Å²) in [6.07, 6.45) is 4.30. The number of amides is 1. The second kappa shape index (κ2) is 11.4. The largest absolute Gasteiger partial charge is 0.497 e. The normalized spacial score (nSPS) is 13.3. The smallest absolute Gasteiger partial charge is 0.418 e. The van der Waals surface area contributed by atoms with E-state index in [1.54, 1.807) is 76.6 Å². The fourth-order valence-corrected chi connectivity index (χ4v) is 3.68. The molecule has 1 heterocycles. The number of rotatable bonds is 9. The van der Waals surface area contributed by atoms with E-state index in [4.69, 9.17) is 13.9 Å². The van der Waals surface area contributed by atoms with Crippen LogP contribution in [0, 0.1) is 10.1 Å². The number of nitro groups is 1. The average molecular weight is 479 g/mol. The molecular weight excluding hydrogens is 448 g/mol. The van der Waals surface area contributed by atoms with Crippen molar-refractivity contribution in [3.8, 4) is 5.75 Å². The molecule has 0 fully saturated rings. The van der Waals surface area contributed by atoms with Crippen LogP contribution in [0.3, 0.4) is 0 Å². The van der Waals surface area contributed by atoms with E-state index in [1.165, 1.54) is 11.2 Å². The Morgan fingerprint density at radius 2 is 1.77 bits per heavy atom. The Kier molecular flexibility index (Phi) is 8.30. The predicted molar refractivity (Wildman–Crippen MR) is 133 cm³/mol. The van der Waals surface area contributed by atoms with Crippen molar-refractivity contribution in [3.63, 3.8) is 0 Å². The maximum absolute atomic E-state index is 13.1. The number of allylic oxidation sites excluding steroid dienone is 1. The fraction of sp³-hybridized carbons (Fsp3) is 0.296. The Morgan fingerprint density at radius 3 is 2.31 bits per heavy atom. The monoisotopic (exact) mass is 478 g/mol. The molecule has 0 saturated carbocycles. The first kappa shape index (κ1) is 25.6. The van der Waals surface area contributed by atoms with E-state index < -0.39 is 23.5 Å². The zero-order valence-electron chi connectivity index (χ0n) is 20.3. The molecule has 0 bridgehead atoms. The van der Waals surface area contributed by atoms with Crippen molar-refractivity contribution in [1.29, 1.82) is 0 Å². The molecule has 8 heteroatoms. The molecule has 0 N–H and O–H groups in total. The van der Waals surface area contributed by atoms with Crippen LogP contribution < -0.4 is 9.64 Å². The molecule has 1 aromatic heterocycles. The van der Waals surface area contributed by atoms with Crippen molar-refractivity contribution in [1.82, 2.24) is 0 Å². The maximum atomic E-state index is 13.1. The molecule has 2 aromatic carbocycles. The molecule has 35 heavy (non-hydrogen) atoms. The minimum Gasteiger partial charge on any atom is -0.497 e. The number of nitrogens with zero attached hydrogens (tertiary/aromatic N) is 2. The van der Waals surface area contributed by atoms with Gasteiger partial charge in [-0.3, -0.25) is 15.0 Å². The topological polar surface area (TPSA) is 95.0 Å². The van der Waals surface area contributed by atoms with Gasteiger partial charge in [-0.05, 0) is 62.7 Å². The van der Waals surface area contributed by atoms with Crippen molar-refractivity contribution in [2.45, 2.75) is 38.2 Å². The molecule has 1 amide bonds. The van der Waals surface area contributed by atoms with Crippen molar-refractivity contribution < 1.29 is 23.6 Å². The van der Waals surface area contributed by atoms with Crippen LogP contribution in [0.4, 0.5) is 10.5 Å². The highest BCUT2D eigenvalue weighted by Gasteiger charge is 2.31. The molecule has 0 spiro atoms. The van der Waals surface area contributed by atoms with Gasteiger partial charge in [-0.2, -0.15) is 0 Å².